The standard InChI is InChI=1S/C17H15FO2S/c18-15-6-1-2-7-17(15)21(20)11-16(19)14-9-8-12-4-3-5-13(12)10-14/h1-2,6-10H,3-5,11H2. The molecule has 1 aliphatic carbocycles. The maximum Gasteiger partial charge on any atom is 0.175 e. The number of rotatable bonds is 4. The second-order valence-electron chi connectivity index (χ2n) is 5.18. The number of Topliss-reactive ketones (excluding diaryl/α,β-unsaturated/α-hetero) is 1. The van der Waals surface area contributed by atoms with Gasteiger partial charge < -0.3 is 0 Å². The van der Waals surface area contributed by atoms with E-state index >= 15 is 0 Å². The van der Waals surface area contributed by atoms with Crippen LogP contribution in [0.3, 0.4) is 0 Å². The summed E-state index contributed by atoms with van der Waals surface area (Å²) in [6.07, 6.45) is 3.17. The van der Waals surface area contributed by atoms with Crippen molar-refractivity contribution in [3.63, 3.8) is 0 Å². The van der Waals surface area contributed by atoms with E-state index in [1.54, 1.807) is 18.2 Å². The Morgan fingerprint density at radius 2 is 1.86 bits per heavy atom. The van der Waals surface area contributed by atoms with Gasteiger partial charge in [-0.2, -0.15) is 0 Å². The lowest BCUT2D eigenvalue weighted by Gasteiger charge is -2.05. The molecule has 0 heterocycles. The molecule has 0 bridgehead atoms. The summed E-state index contributed by atoms with van der Waals surface area (Å²) in [7, 11) is -1.65. The van der Waals surface area contributed by atoms with Gasteiger partial charge in [-0.25, -0.2) is 4.39 Å². The van der Waals surface area contributed by atoms with Gasteiger partial charge in [0, 0.05) is 5.56 Å². The van der Waals surface area contributed by atoms with Crippen LogP contribution in [0.1, 0.15) is 27.9 Å². The van der Waals surface area contributed by atoms with Crippen LogP contribution in [0.15, 0.2) is 47.4 Å². The molecular formula is C17H15FO2S. The van der Waals surface area contributed by atoms with Crippen LogP contribution in [-0.2, 0) is 23.6 Å². The van der Waals surface area contributed by atoms with E-state index in [0.29, 0.717) is 5.56 Å². The molecule has 1 unspecified atom stereocenters. The Bertz CT molecular complexity index is 724. The van der Waals surface area contributed by atoms with E-state index in [1.807, 2.05) is 12.1 Å². The first-order valence-corrected chi connectivity index (χ1v) is 8.25. The molecule has 0 aliphatic heterocycles. The number of carbonyl (C=O) groups excluding carboxylic acids is 1. The summed E-state index contributed by atoms with van der Waals surface area (Å²) in [6, 6.07) is 11.5. The fraction of sp³-hybridized carbons (Fsp3) is 0.235. The van der Waals surface area contributed by atoms with Crippen molar-refractivity contribution in [1.29, 1.82) is 0 Å². The van der Waals surface area contributed by atoms with Gasteiger partial charge in [-0.05, 0) is 48.6 Å². The lowest BCUT2D eigenvalue weighted by molar-refractivity contribution is 0.102. The van der Waals surface area contributed by atoms with Crippen LogP contribution in [0, 0.1) is 5.82 Å². The van der Waals surface area contributed by atoms with E-state index < -0.39 is 16.6 Å². The monoisotopic (exact) mass is 302 g/mol. The van der Waals surface area contributed by atoms with Gasteiger partial charge in [-0.15, -0.1) is 0 Å². The van der Waals surface area contributed by atoms with E-state index in [9.17, 15) is 13.4 Å². The van der Waals surface area contributed by atoms with Crippen molar-refractivity contribution < 1.29 is 13.4 Å². The molecule has 2 aromatic rings. The molecular weight excluding hydrogens is 287 g/mol. The van der Waals surface area contributed by atoms with Crippen molar-refractivity contribution >= 4 is 16.6 Å². The molecule has 2 nitrogen and oxygen atoms in total. The SMILES string of the molecule is O=C(CS(=O)c1ccccc1F)c1ccc2c(c1)CCC2. The molecule has 0 aromatic heterocycles. The molecule has 21 heavy (non-hydrogen) atoms. The molecule has 1 aliphatic rings. The van der Waals surface area contributed by atoms with Crippen LogP contribution in [-0.4, -0.2) is 15.7 Å². The summed E-state index contributed by atoms with van der Waals surface area (Å²) < 4.78 is 25.7. The van der Waals surface area contributed by atoms with E-state index in [2.05, 4.69) is 0 Å². The molecule has 0 radical (unpaired) electrons. The number of aryl methyl sites for hydroxylation is 2. The highest BCUT2D eigenvalue weighted by Crippen LogP contribution is 2.23. The van der Waals surface area contributed by atoms with Crippen LogP contribution >= 0.6 is 0 Å². The normalized spacial score (nSPS) is 14.7. The highest BCUT2D eigenvalue weighted by molar-refractivity contribution is 7.85. The minimum Gasteiger partial charge on any atom is -0.293 e. The largest absolute Gasteiger partial charge is 0.293 e. The molecule has 0 fully saturated rings. The zero-order valence-electron chi connectivity index (χ0n) is 11.5. The zero-order valence-corrected chi connectivity index (χ0v) is 12.3. The van der Waals surface area contributed by atoms with Gasteiger partial charge in [0.15, 0.2) is 5.78 Å². The second-order valence-corrected chi connectivity index (χ2v) is 6.60. The summed E-state index contributed by atoms with van der Waals surface area (Å²) in [4.78, 5) is 12.3. The van der Waals surface area contributed by atoms with Crippen LogP contribution in [0.2, 0.25) is 0 Å². The smallest absolute Gasteiger partial charge is 0.175 e. The fourth-order valence-electron chi connectivity index (χ4n) is 2.65. The number of benzene rings is 2. The molecule has 1 atom stereocenters. The second kappa shape index (κ2) is 5.90. The van der Waals surface area contributed by atoms with E-state index in [1.165, 1.54) is 23.3 Å². The first-order valence-electron chi connectivity index (χ1n) is 6.93. The quantitative estimate of drug-likeness (QED) is 0.812. The highest BCUT2D eigenvalue weighted by Gasteiger charge is 2.17. The Hall–Kier alpha value is -1.81. The molecule has 4 heteroatoms. The predicted octanol–water partition coefficient (Wildman–Crippen LogP) is 3.30. The lowest BCUT2D eigenvalue weighted by atomic mass is 10.0. The van der Waals surface area contributed by atoms with Crippen LogP contribution < -0.4 is 0 Å². The fourth-order valence-corrected chi connectivity index (χ4v) is 3.73. The summed E-state index contributed by atoms with van der Waals surface area (Å²) in [5.74, 6) is -0.913. The highest BCUT2D eigenvalue weighted by atomic mass is 32.2. The van der Waals surface area contributed by atoms with Gasteiger partial charge in [0.1, 0.15) is 5.82 Å². The van der Waals surface area contributed by atoms with Crippen LogP contribution in [0.4, 0.5) is 4.39 Å². The molecule has 0 N–H and O–H groups in total. The Kier molecular flexibility index (Phi) is 3.97. The van der Waals surface area contributed by atoms with Crippen molar-refractivity contribution in [3.8, 4) is 0 Å². The molecule has 0 spiro atoms. The first-order chi connectivity index (χ1) is 10.1. The van der Waals surface area contributed by atoms with Crippen molar-refractivity contribution in [3.05, 3.63) is 65.0 Å². The van der Waals surface area contributed by atoms with Crippen molar-refractivity contribution in [2.75, 3.05) is 5.75 Å². The summed E-state index contributed by atoms with van der Waals surface area (Å²) in [6.45, 7) is 0. The van der Waals surface area contributed by atoms with E-state index in [0.717, 1.165) is 19.3 Å². The molecule has 3 rings (SSSR count). The van der Waals surface area contributed by atoms with Crippen molar-refractivity contribution in [2.45, 2.75) is 24.2 Å². The summed E-state index contributed by atoms with van der Waals surface area (Å²) in [5, 5.41) is 0. The maximum absolute atomic E-state index is 13.6. The maximum atomic E-state index is 13.6. The molecule has 108 valence electrons. The number of hydrogen-bond donors (Lipinski definition) is 0. The lowest BCUT2D eigenvalue weighted by Crippen LogP contribution is -2.12. The predicted molar refractivity (Wildman–Crippen MR) is 80.5 cm³/mol. The summed E-state index contributed by atoms with van der Waals surface area (Å²) in [5.41, 5.74) is 3.07. The van der Waals surface area contributed by atoms with Gasteiger partial charge in [0.25, 0.3) is 0 Å². The van der Waals surface area contributed by atoms with Crippen LogP contribution in [0.25, 0.3) is 0 Å². The topological polar surface area (TPSA) is 34.1 Å². The van der Waals surface area contributed by atoms with E-state index in [4.69, 9.17) is 0 Å². The van der Waals surface area contributed by atoms with Crippen molar-refractivity contribution in [2.24, 2.45) is 0 Å². The van der Waals surface area contributed by atoms with Gasteiger partial charge in [0.05, 0.1) is 21.4 Å². The number of carbonyl (C=O) groups is 1. The zero-order chi connectivity index (χ0) is 14.8. The summed E-state index contributed by atoms with van der Waals surface area (Å²) >= 11 is 0. The Morgan fingerprint density at radius 1 is 1.10 bits per heavy atom. The molecule has 2 aromatic carbocycles. The number of ketones is 1. The number of halogens is 1. The van der Waals surface area contributed by atoms with Crippen molar-refractivity contribution in [1.82, 2.24) is 0 Å². The molecule has 0 amide bonds. The van der Waals surface area contributed by atoms with Gasteiger partial charge >= 0.3 is 0 Å². The van der Waals surface area contributed by atoms with Crippen LogP contribution in [0.5, 0.6) is 0 Å². The van der Waals surface area contributed by atoms with Gasteiger partial charge in [-0.1, -0.05) is 24.3 Å². The van der Waals surface area contributed by atoms with E-state index in [-0.39, 0.29) is 16.4 Å². The third-order valence-corrected chi connectivity index (χ3v) is 5.11. The third kappa shape index (κ3) is 2.95. The Labute approximate surface area is 125 Å². The first kappa shape index (κ1) is 14.1. The Balaban J connectivity index is 1.77. The average molecular weight is 302 g/mol. The third-order valence-electron chi connectivity index (χ3n) is 3.76. The molecule has 0 saturated carbocycles. The number of fused-ring (bicyclic) bond motifs is 1. The van der Waals surface area contributed by atoms with Gasteiger partial charge in [0.2, 0.25) is 0 Å². The number of hydrogen-bond acceptors (Lipinski definition) is 2. The minimum absolute atomic E-state index is 0.0898. The average Bonchev–Trinajstić information content (AvgIpc) is 2.94. The Morgan fingerprint density at radius 3 is 2.67 bits per heavy atom. The molecule has 0 saturated heterocycles. The van der Waals surface area contributed by atoms with Gasteiger partial charge in [-0.3, -0.25) is 9.00 Å². The minimum atomic E-state index is -1.65.